The number of rotatable bonds is 7. The van der Waals surface area contributed by atoms with E-state index in [1.54, 1.807) is 0 Å². The summed E-state index contributed by atoms with van der Waals surface area (Å²) in [5.74, 6) is 0.145. The van der Waals surface area contributed by atoms with Gasteiger partial charge in [0.15, 0.2) is 0 Å². The maximum atomic E-state index is 12.3. The molecule has 1 aliphatic rings. The molecule has 0 saturated carbocycles. The van der Waals surface area contributed by atoms with Gasteiger partial charge in [-0.15, -0.1) is 13.2 Å². The lowest BCUT2D eigenvalue weighted by Gasteiger charge is -2.33. The van der Waals surface area contributed by atoms with E-state index in [1.165, 1.54) is 18.2 Å². The lowest BCUT2D eigenvalue weighted by Crippen LogP contribution is -2.49. The summed E-state index contributed by atoms with van der Waals surface area (Å²) in [7, 11) is 0. The van der Waals surface area contributed by atoms with Crippen LogP contribution in [0.4, 0.5) is 18.0 Å². The van der Waals surface area contributed by atoms with Crippen molar-refractivity contribution in [2.45, 2.75) is 58.0 Å². The summed E-state index contributed by atoms with van der Waals surface area (Å²) in [5.41, 5.74) is -0.527. The normalized spacial score (nSPS) is 18.0. The first-order chi connectivity index (χ1) is 13.9. The third kappa shape index (κ3) is 9.42. The van der Waals surface area contributed by atoms with Crippen molar-refractivity contribution in [3.63, 3.8) is 0 Å². The molecule has 1 heterocycles. The number of carbonyl (C=O) groups is 1. The van der Waals surface area contributed by atoms with E-state index in [0.717, 1.165) is 38.9 Å². The van der Waals surface area contributed by atoms with E-state index in [2.05, 4.69) is 30.9 Å². The number of halogens is 4. The zero-order chi connectivity index (χ0) is 22.4. The number of ether oxygens (including phenoxy) is 3. The van der Waals surface area contributed by atoms with Crippen LogP contribution in [0.2, 0.25) is 0 Å². The highest BCUT2D eigenvalue weighted by Crippen LogP contribution is 2.32. The zero-order valence-electron chi connectivity index (χ0n) is 17.4. The topological polar surface area (TPSA) is 60.0 Å². The SMILES string of the molecule is CC(C)(C)OC(=O)NC1CCCN(CCCOc2ccc(OC(F)(F)F)cc2Br)C1. The van der Waals surface area contributed by atoms with E-state index in [9.17, 15) is 18.0 Å². The Hall–Kier alpha value is -1.68. The summed E-state index contributed by atoms with van der Waals surface area (Å²) in [6.07, 6.45) is -2.50. The van der Waals surface area contributed by atoms with Gasteiger partial charge in [-0.3, -0.25) is 0 Å². The molecule has 1 atom stereocenters. The molecule has 1 saturated heterocycles. The molecule has 0 spiro atoms. The van der Waals surface area contributed by atoms with Crippen LogP contribution < -0.4 is 14.8 Å². The molecule has 6 nitrogen and oxygen atoms in total. The quantitative estimate of drug-likeness (QED) is 0.531. The van der Waals surface area contributed by atoms with Crippen molar-refractivity contribution in [3.8, 4) is 11.5 Å². The molecule has 1 fully saturated rings. The molecule has 0 radical (unpaired) electrons. The monoisotopic (exact) mass is 496 g/mol. The Morgan fingerprint density at radius 1 is 1.30 bits per heavy atom. The molecular weight excluding hydrogens is 469 g/mol. The van der Waals surface area contributed by atoms with Crippen LogP contribution in [0.5, 0.6) is 11.5 Å². The van der Waals surface area contributed by atoms with E-state index in [0.29, 0.717) is 16.8 Å². The van der Waals surface area contributed by atoms with Crippen LogP contribution in [0.25, 0.3) is 0 Å². The number of alkyl halides is 3. The van der Waals surface area contributed by atoms with Crippen LogP contribution in [0.1, 0.15) is 40.0 Å². The second kappa shape index (κ2) is 10.6. The number of benzene rings is 1. The van der Waals surface area contributed by atoms with Crippen molar-refractivity contribution in [1.29, 1.82) is 0 Å². The molecule has 10 heteroatoms. The highest BCUT2D eigenvalue weighted by molar-refractivity contribution is 9.10. The Labute approximate surface area is 183 Å². The second-order valence-electron chi connectivity index (χ2n) is 8.13. The third-order valence-corrected chi connectivity index (χ3v) is 4.86. The lowest BCUT2D eigenvalue weighted by atomic mass is 10.1. The first-order valence-electron chi connectivity index (χ1n) is 9.81. The molecule has 1 aliphatic heterocycles. The van der Waals surface area contributed by atoms with Crippen LogP contribution >= 0.6 is 15.9 Å². The van der Waals surface area contributed by atoms with Crippen LogP contribution in [0, 0.1) is 0 Å². The number of amides is 1. The van der Waals surface area contributed by atoms with Gasteiger partial charge in [-0.1, -0.05) is 0 Å². The molecule has 170 valence electrons. The lowest BCUT2D eigenvalue weighted by molar-refractivity contribution is -0.274. The molecule has 0 bridgehead atoms. The predicted octanol–water partition coefficient (Wildman–Crippen LogP) is 5.11. The first-order valence-corrected chi connectivity index (χ1v) is 10.6. The van der Waals surface area contributed by atoms with Crippen molar-refractivity contribution in [1.82, 2.24) is 10.2 Å². The van der Waals surface area contributed by atoms with Gasteiger partial charge < -0.3 is 24.4 Å². The van der Waals surface area contributed by atoms with Gasteiger partial charge in [0, 0.05) is 19.1 Å². The third-order valence-electron chi connectivity index (χ3n) is 4.24. The molecule has 1 aromatic carbocycles. The van der Waals surface area contributed by atoms with Gasteiger partial charge >= 0.3 is 12.5 Å². The number of carbonyl (C=O) groups excluding carboxylic acids is 1. The van der Waals surface area contributed by atoms with Crippen molar-refractivity contribution in [2.24, 2.45) is 0 Å². The molecular formula is C20H28BrF3N2O4. The molecule has 30 heavy (non-hydrogen) atoms. The number of piperidine rings is 1. The van der Waals surface area contributed by atoms with Crippen LogP contribution in [0.3, 0.4) is 0 Å². The number of hydrogen-bond donors (Lipinski definition) is 1. The molecule has 0 aromatic heterocycles. The maximum absolute atomic E-state index is 12.3. The van der Waals surface area contributed by atoms with Crippen LogP contribution in [0.15, 0.2) is 22.7 Å². The van der Waals surface area contributed by atoms with Crippen molar-refractivity contribution >= 4 is 22.0 Å². The van der Waals surface area contributed by atoms with Crippen molar-refractivity contribution in [3.05, 3.63) is 22.7 Å². The maximum Gasteiger partial charge on any atom is 0.573 e. The summed E-state index contributed by atoms with van der Waals surface area (Å²) < 4.78 is 52.0. The van der Waals surface area contributed by atoms with Crippen LogP contribution in [-0.2, 0) is 4.74 Å². The number of likely N-dealkylation sites (tertiary alicyclic amines) is 1. The Kier molecular flexibility index (Phi) is 8.66. The molecule has 0 aliphatic carbocycles. The minimum atomic E-state index is -4.73. The average molecular weight is 497 g/mol. The summed E-state index contributed by atoms with van der Waals surface area (Å²) in [6.45, 7) is 8.38. The summed E-state index contributed by atoms with van der Waals surface area (Å²) >= 11 is 3.20. The van der Waals surface area contributed by atoms with Crippen LogP contribution in [-0.4, -0.2) is 55.2 Å². The largest absolute Gasteiger partial charge is 0.573 e. The van der Waals surface area contributed by atoms with Gasteiger partial charge in [0.05, 0.1) is 11.1 Å². The van der Waals surface area contributed by atoms with E-state index < -0.39 is 18.1 Å². The van der Waals surface area contributed by atoms with Gasteiger partial charge in [-0.25, -0.2) is 4.79 Å². The van der Waals surface area contributed by atoms with E-state index in [-0.39, 0.29) is 11.8 Å². The van der Waals surface area contributed by atoms with E-state index >= 15 is 0 Å². The minimum absolute atomic E-state index is 0.0461. The Balaban J connectivity index is 1.72. The Morgan fingerprint density at radius 2 is 2.03 bits per heavy atom. The molecule has 1 amide bonds. The average Bonchev–Trinajstić information content (AvgIpc) is 2.57. The smallest absolute Gasteiger partial charge is 0.492 e. The van der Waals surface area contributed by atoms with Crippen molar-refractivity contribution < 1.29 is 32.2 Å². The highest BCUT2D eigenvalue weighted by Gasteiger charge is 2.31. The minimum Gasteiger partial charge on any atom is -0.492 e. The fraction of sp³-hybridized carbons (Fsp3) is 0.650. The van der Waals surface area contributed by atoms with Gasteiger partial charge in [0.25, 0.3) is 0 Å². The fourth-order valence-corrected chi connectivity index (χ4v) is 3.59. The summed E-state index contributed by atoms with van der Waals surface area (Å²) in [4.78, 5) is 14.2. The Bertz CT molecular complexity index is 710. The highest BCUT2D eigenvalue weighted by atomic mass is 79.9. The molecule has 1 N–H and O–H groups in total. The Morgan fingerprint density at radius 3 is 2.67 bits per heavy atom. The number of hydrogen-bond acceptors (Lipinski definition) is 5. The van der Waals surface area contributed by atoms with E-state index in [4.69, 9.17) is 9.47 Å². The first kappa shape index (κ1) is 24.6. The van der Waals surface area contributed by atoms with Gasteiger partial charge in [0.1, 0.15) is 17.1 Å². The second-order valence-corrected chi connectivity index (χ2v) is 8.98. The zero-order valence-corrected chi connectivity index (χ0v) is 18.9. The number of alkyl carbamates (subject to hydrolysis) is 1. The van der Waals surface area contributed by atoms with Gasteiger partial charge in [-0.05, 0) is 80.7 Å². The molecule has 1 aromatic rings. The summed E-state index contributed by atoms with van der Waals surface area (Å²) in [5, 5.41) is 2.92. The number of nitrogens with one attached hydrogen (secondary N) is 1. The van der Waals surface area contributed by atoms with E-state index in [1.807, 2.05) is 20.8 Å². The molecule has 1 unspecified atom stereocenters. The fourth-order valence-electron chi connectivity index (χ4n) is 3.12. The number of nitrogens with zero attached hydrogens (tertiary/aromatic N) is 1. The van der Waals surface area contributed by atoms with Gasteiger partial charge in [-0.2, -0.15) is 0 Å². The predicted molar refractivity (Wildman–Crippen MR) is 110 cm³/mol. The summed E-state index contributed by atoms with van der Waals surface area (Å²) in [6, 6.07) is 3.92. The standard InChI is InChI=1S/C20H28BrF3N2O4/c1-19(2,3)30-18(27)25-14-6-4-9-26(13-14)10-5-11-28-17-8-7-15(12-16(17)21)29-20(22,23)24/h7-8,12,14H,4-6,9-11,13H2,1-3H3,(H,25,27). The van der Waals surface area contributed by atoms with Gasteiger partial charge in [0.2, 0.25) is 0 Å². The van der Waals surface area contributed by atoms with Crippen molar-refractivity contribution in [2.75, 3.05) is 26.2 Å². The molecule has 2 rings (SSSR count).